The Bertz CT molecular complexity index is 3240. The molecule has 4 heteroatoms. The second kappa shape index (κ2) is 13.1. The lowest BCUT2D eigenvalue weighted by Gasteiger charge is -2.26. The Labute approximate surface area is 323 Å². The van der Waals surface area contributed by atoms with Crippen LogP contribution < -0.4 is 4.90 Å². The van der Waals surface area contributed by atoms with Crippen molar-refractivity contribution < 1.29 is 4.42 Å². The van der Waals surface area contributed by atoms with Crippen molar-refractivity contribution in [3.05, 3.63) is 200 Å². The van der Waals surface area contributed by atoms with Gasteiger partial charge in [-0.05, 0) is 81.9 Å². The fourth-order valence-corrected chi connectivity index (χ4v) is 8.03. The average Bonchev–Trinajstić information content (AvgIpc) is 3.64. The highest BCUT2D eigenvalue weighted by atomic mass is 16.3. The fraction of sp³-hybridized carbons (Fsp3) is 0. The molecule has 0 atom stereocenters. The summed E-state index contributed by atoms with van der Waals surface area (Å²) in [5.41, 5.74) is 12.8. The molecule has 0 N–H and O–H groups in total. The summed E-state index contributed by atoms with van der Waals surface area (Å²) in [7, 11) is 0. The molecule has 11 aromatic rings. The SMILES string of the molecule is c1ccc(-c2nc3ccc4ccc(-c5ccc(N(c6ccc7ccccc7c6)c6ccc7c(c6)oc6ccccc67)cc5)cc4c3nc2-c2ccccc2)cc1. The highest BCUT2D eigenvalue weighted by Crippen LogP contribution is 2.41. The van der Waals surface area contributed by atoms with Crippen LogP contribution in [0.3, 0.4) is 0 Å². The highest BCUT2D eigenvalue weighted by molar-refractivity contribution is 6.08. The number of aromatic nitrogens is 2. The van der Waals surface area contributed by atoms with E-state index in [2.05, 4.69) is 169 Å². The molecular weight excluding hydrogens is 683 g/mol. The van der Waals surface area contributed by atoms with E-state index >= 15 is 0 Å². The third-order valence-corrected chi connectivity index (χ3v) is 10.8. The molecule has 56 heavy (non-hydrogen) atoms. The number of hydrogen-bond donors (Lipinski definition) is 0. The number of furan rings is 1. The van der Waals surface area contributed by atoms with Gasteiger partial charge in [0.05, 0.1) is 22.4 Å². The van der Waals surface area contributed by atoms with Crippen LogP contribution in [-0.4, -0.2) is 9.97 Å². The van der Waals surface area contributed by atoms with Crippen LogP contribution in [0.4, 0.5) is 17.1 Å². The summed E-state index contributed by atoms with van der Waals surface area (Å²) < 4.78 is 6.35. The molecule has 0 aliphatic carbocycles. The average molecular weight is 716 g/mol. The molecule has 2 heterocycles. The molecule has 0 fully saturated rings. The molecule has 0 bridgehead atoms. The summed E-state index contributed by atoms with van der Waals surface area (Å²) in [6.07, 6.45) is 0. The summed E-state index contributed by atoms with van der Waals surface area (Å²) >= 11 is 0. The maximum atomic E-state index is 6.35. The summed E-state index contributed by atoms with van der Waals surface area (Å²) in [5.74, 6) is 0. The maximum absolute atomic E-state index is 6.35. The van der Waals surface area contributed by atoms with E-state index in [0.29, 0.717) is 0 Å². The lowest BCUT2D eigenvalue weighted by atomic mass is 9.98. The van der Waals surface area contributed by atoms with Gasteiger partial charge in [-0.15, -0.1) is 0 Å². The van der Waals surface area contributed by atoms with Crippen LogP contribution in [0.5, 0.6) is 0 Å². The largest absolute Gasteiger partial charge is 0.456 e. The third kappa shape index (κ3) is 5.47. The summed E-state index contributed by atoms with van der Waals surface area (Å²) in [4.78, 5) is 12.9. The Morgan fingerprint density at radius 1 is 0.339 bits per heavy atom. The van der Waals surface area contributed by atoms with E-state index in [9.17, 15) is 0 Å². The number of hydrogen-bond acceptors (Lipinski definition) is 4. The van der Waals surface area contributed by atoms with Gasteiger partial charge in [-0.1, -0.05) is 140 Å². The van der Waals surface area contributed by atoms with Crippen LogP contribution in [0.1, 0.15) is 0 Å². The van der Waals surface area contributed by atoms with Crippen LogP contribution in [0, 0.1) is 0 Å². The van der Waals surface area contributed by atoms with Crippen molar-refractivity contribution in [3.63, 3.8) is 0 Å². The number of anilines is 3. The molecule has 9 aromatic carbocycles. The van der Waals surface area contributed by atoms with Crippen LogP contribution in [0.25, 0.3) is 88.2 Å². The second-order valence-corrected chi connectivity index (χ2v) is 14.2. The predicted molar refractivity (Wildman–Crippen MR) is 233 cm³/mol. The van der Waals surface area contributed by atoms with Gasteiger partial charge in [0.25, 0.3) is 0 Å². The maximum Gasteiger partial charge on any atom is 0.137 e. The Hall–Kier alpha value is -7.56. The van der Waals surface area contributed by atoms with E-state index in [1.807, 2.05) is 36.4 Å². The van der Waals surface area contributed by atoms with E-state index in [-0.39, 0.29) is 0 Å². The molecular formula is C52H33N3O. The predicted octanol–water partition coefficient (Wildman–Crippen LogP) is 14.3. The quantitative estimate of drug-likeness (QED) is 0.161. The van der Waals surface area contributed by atoms with Gasteiger partial charge < -0.3 is 9.32 Å². The standard InChI is InChI=1S/C52H33N3O/c1-3-12-37(13-4-1)50-51(38-14-5-2-6-15-38)54-52-46-32-40(20-19-36(46)24-30-47(52)53-50)35-21-25-41(26-22-35)55(42-27-23-34-11-7-8-16-39(34)31-42)43-28-29-45-44-17-9-10-18-48(44)56-49(45)33-43/h1-33H. The van der Waals surface area contributed by atoms with Crippen LogP contribution in [-0.2, 0) is 0 Å². The summed E-state index contributed by atoms with van der Waals surface area (Å²) in [5, 5.41) is 6.83. The van der Waals surface area contributed by atoms with Crippen LogP contribution in [0.15, 0.2) is 205 Å². The Morgan fingerprint density at radius 2 is 0.929 bits per heavy atom. The van der Waals surface area contributed by atoms with Gasteiger partial charge in [0.15, 0.2) is 0 Å². The van der Waals surface area contributed by atoms with E-state index in [0.717, 1.165) is 94.4 Å². The lowest BCUT2D eigenvalue weighted by Crippen LogP contribution is -2.09. The van der Waals surface area contributed by atoms with Crippen molar-refractivity contribution in [3.8, 4) is 33.6 Å². The zero-order valence-electron chi connectivity index (χ0n) is 30.3. The Kier molecular flexibility index (Phi) is 7.46. The van der Waals surface area contributed by atoms with Gasteiger partial charge >= 0.3 is 0 Å². The molecule has 0 saturated carbocycles. The zero-order chi connectivity index (χ0) is 37.0. The molecule has 0 aliphatic heterocycles. The Morgan fingerprint density at radius 3 is 1.73 bits per heavy atom. The highest BCUT2D eigenvalue weighted by Gasteiger charge is 2.18. The first-order chi connectivity index (χ1) is 27.7. The third-order valence-electron chi connectivity index (χ3n) is 10.8. The van der Waals surface area contributed by atoms with Crippen LogP contribution >= 0.6 is 0 Å². The molecule has 0 saturated heterocycles. The molecule has 11 rings (SSSR count). The first-order valence-corrected chi connectivity index (χ1v) is 18.9. The van der Waals surface area contributed by atoms with Gasteiger partial charge in [0.1, 0.15) is 11.2 Å². The molecule has 0 spiro atoms. The Balaban J connectivity index is 1.03. The minimum atomic E-state index is 0.865. The smallest absolute Gasteiger partial charge is 0.137 e. The number of para-hydroxylation sites is 1. The van der Waals surface area contributed by atoms with E-state index in [4.69, 9.17) is 14.4 Å². The number of benzene rings is 9. The van der Waals surface area contributed by atoms with Crippen molar-refractivity contribution in [2.75, 3.05) is 4.90 Å². The van der Waals surface area contributed by atoms with E-state index in [1.54, 1.807) is 0 Å². The molecule has 0 amide bonds. The number of nitrogens with zero attached hydrogens (tertiary/aromatic N) is 3. The van der Waals surface area contributed by atoms with Gasteiger partial charge in [0.2, 0.25) is 0 Å². The van der Waals surface area contributed by atoms with Crippen molar-refractivity contribution in [1.82, 2.24) is 9.97 Å². The second-order valence-electron chi connectivity index (χ2n) is 14.2. The molecule has 2 aromatic heterocycles. The summed E-state index contributed by atoms with van der Waals surface area (Å²) in [6, 6.07) is 70.3. The molecule has 262 valence electrons. The molecule has 0 unspecified atom stereocenters. The summed E-state index contributed by atoms with van der Waals surface area (Å²) in [6.45, 7) is 0. The first kappa shape index (κ1) is 31.9. The minimum Gasteiger partial charge on any atom is -0.456 e. The van der Waals surface area contributed by atoms with Crippen molar-refractivity contribution >= 4 is 71.6 Å². The van der Waals surface area contributed by atoms with Crippen molar-refractivity contribution in [2.45, 2.75) is 0 Å². The monoisotopic (exact) mass is 715 g/mol. The van der Waals surface area contributed by atoms with Crippen molar-refractivity contribution in [2.24, 2.45) is 0 Å². The van der Waals surface area contributed by atoms with Gasteiger partial charge in [0, 0.05) is 50.4 Å². The number of rotatable bonds is 6. The fourth-order valence-electron chi connectivity index (χ4n) is 8.03. The number of fused-ring (bicyclic) bond motifs is 7. The first-order valence-electron chi connectivity index (χ1n) is 18.9. The lowest BCUT2D eigenvalue weighted by molar-refractivity contribution is 0.669. The molecule has 0 radical (unpaired) electrons. The normalized spacial score (nSPS) is 11.6. The van der Waals surface area contributed by atoms with Gasteiger partial charge in [-0.2, -0.15) is 0 Å². The van der Waals surface area contributed by atoms with E-state index < -0.39 is 0 Å². The topological polar surface area (TPSA) is 42.2 Å². The zero-order valence-corrected chi connectivity index (χ0v) is 30.3. The van der Waals surface area contributed by atoms with Gasteiger partial charge in [-0.3, -0.25) is 0 Å². The van der Waals surface area contributed by atoms with Gasteiger partial charge in [-0.25, -0.2) is 9.97 Å². The molecule has 0 aliphatic rings. The van der Waals surface area contributed by atoms with Crippen LogP contribution in [0.2, 0.25) is 0 Å². The minimum absolute atomic E-state index is 0.865. The van der Waals surface area contributed by atoms with E-state index in [1.165, 1.54) is 10.8 Å². The molecule has 4 nitrogen and oxygen atoms in total. The van der Waals surface area contributed by atoms with Crippen molar-refractivity contribution in [1.29, 1.82) is 0 Å².